The van der Waals surface area contributed by atoms with Crippen molar-refractivity contribution < 1.29 is 9.53 Å². The fraction of sp³-hybridized carbons (Fsp3) is 0.909. The summed E-state index contributed by atoms with van der Waals surface area (Å²) < 4.78 is 5.66. The van der Waals surface area contributed by atoms with E-state index in [2.05, 4.69) is 5.32 Å². The summed E-state index contributed by atoms with van der Waals surface area (Å²) in [4.78, 5) is 11.1. The predicted molar refractivity (Wildman–Crippen MR) is 61.1 cm³/mol. The zero-order valence-electron chi connectivity index (χ0n) is 9.30. The molecule has 3 nitrogen and oxygen atoms in total. The minimum absolute atomic E-state index is 0.121. The van der Waals surface area contributed by atoms with Crippen LogP contribution < -0.4 is 5.32 Å². The number of alkyl halides is 1. The molecule has 1 fully saturated rings. The van der Waals surface area contributed by atoms with Gasteiger partial charge in [0.1, 0.15) is 5.38 Å². The van der Waals surface area contributed by atoms with E-state index in [1.807, 2.05) is 0 Å². The van der Waals surface area contributed by atoms with E-state index < -0.39 is 5.38 Å². The average Bonchev–Trinajstić information content (AvgIpc) is 2.25. The third-order valence-corrected chi connectivity index (χ3v) is 2.87. The fourth-order valence-corrected chi connectivity index (χ4v) is 1.85. The lowest BCUT2D eigenvalue weighted by molar-refractivity contribution is -0.120. The van der Waals surface area contributed by atoms with Crippen LogP contribution in [0.1, 0.15) is 39.0 Å². The molecule has 1 atom stereocenters. The third-order valence-electron chi connectivity index (χ3n) is 2.67. The van der Waals surface area contributed by atoms with Crippen molar-refractivity contribution >= 4 is 17.5 Å². The molecule has 0 bridgehead atoms. The first-order valence-corrected chi connectivity index (χ1v) is 6.17. The number of carbonyl (C=O) groups excluding carboxylic acids is 1. The fourth-order valence-electron chi connectivity index (χ4n) is 1.77. The first-order valence-electron chi connectivity index (χ1n) is 5.73. The quantitative estimate of drug-likeness (QED) is 0.583. The molecule has 0 radical (unpaired) electrons. The monoisotopic (exact) mass is 233 g/mol. The maximum absolute atomic E-state index is 11.1. The minimum Gasteiger partial charge on any atom is -0.376 e. The molecule has 1 unspecified atom stereocenters. The third kappa shape index (κ3) is 5.38. The van der Waals surface area contributed by atoms with Crippen LogP contribution in [0.5, 0.6) is 0 Å². The van der Waals surface area contributed by atoms with E-state index in [9.17, 15) is 4.79 Å². The molecule has 0 aromatic heterocycles. The summed E-state index contributed by atoms with van der Waals surface area (Å²) in [6, 6.07) is 0. The molecule has 88 valence electrons. The number of halogens is 1. The lowest BCUT2D eigenvalue weighted by Gasteiger charge is -2.22. The second-order valence-corrected chi connectivity index (χ2v) is 4.69. The molecule has 4 heteroatoms. The Morgan fingerprint density at radius 3 is 2.73 bits per heavy atom. The molecule has 0 spiro atoms. The van der Waals surface area contributed by atoms with Crippen molar-refractivity contribution in [3.63, 3.8) is 0 Å². The highest BCUT2D eigenvalue weighted by atomic mass is 35.5. The van der Waals surface area contributed by atoms with Crippen LogP contribution in [0.3, 0.4) is 0 Å². The van der Waals surface area contributed by atoms with E-state index in [0.717, 1.165) is 0 Å². The molecule has 15 heavy (non-hydrogen) atoms. The molecule has 0 aromatic carbocycles. The van der Waals surface area contributed by atoms with Gasteiger partial charge in [-0.15, -0.1) is 11.6 Å². The van der Waals surface area contributed by atoms with Crippen molar-refractivity contribution in [3.05, 3.63) is 0 Å². The Hall–Kier alpha value is -0.280. The van der Waals surface area contributed by atoms with Gasteiger partial charge in [0.05, 0.1) is 12.7 Å². The number of amides is 1. The zero-order chi connectivity index (χ0) is 11.1. The first-order chi connectivity index (χ1) is 7.20. The van der Waals surface area contributed by atoms with Gasteiger partial charge < -0.3 is 10.1 Å². The lowest BCUT2D eigenvalue weighted by atomic mass is 9.98. The van der Waals surface area contributed by atoms with Gasteiger partial charge in [-0.2, -0.15) is 0 Å². The Balaban J connectivity index is 1.98. The Kier molecular flexibility index (Phi) is 6.03. The van der Waals surface area contributed by atoms with Crippen LogP contribution in [-0.4, -0.2) is 30.5 Å². The number of ether oxygens (including phenoxy) is 1. The highest BCUT2D eigenvalue weighted by Crippen LogP contribution is 2.19. The van der Waals surface area contributed by atoms with E-state index in [-0.39, 0.29) is 5.91 Å². The summed E-state index contributed by atoms with van der Waals surface area (Å²) in [5, 5.41) is 2.27. The van der Waals surface area contributed by atoms with Gasteiger partial charge in [0.2, 0.25) is 5.91 Å². The van der Waals surface area contributed by atoms with Gasteiger partial charge in [-0.25, -0.2) is 0 Å². The molecule has 0 heterocycles. The SMILES string of the molecule is CC(Cl)C(=O)NCCOC1CCCCC1. The molecule has 1 N–H and O–H groups in total. The molecule has 0 aliphatic heterocycles. The van der Waals surface area contributed by atoms with E-state index in [4.69, 9.17) is 16.3 Å². The van der Waals surface area contributed by atoms with Gasteiger partial charge in [-0.05, 0) is 19.8 Å². The predicted octanol–water partition coefficient (Wildman–Crippen LogP) is 2.08. The van der Waals surface area contributed by atoms with Crippen molar-refractivity contribution in [1.29, 1.82) is 0 Å². The molecular formula is C11H20ClNO2. The zero-order valence-corrected chi connectivity index (χ0v) is 10.1. The summed E-state index contributed by atoms with van der Waals surface area (Å²) in [6.45, 7) is 2.82. The molecule has 1 rings (SSSR count). The van der Waals surface area contributed by atoms with Crippen LogP contribution in [-0.2, 0) is 9.53 Å². The molecular weight excluding hydrogens is 214 g/mol. The lowest BCUT2D eigenvalue weighted by Crippen LogP contribution is -2.33. The van der Waals surface area contributed by atoms with Crippen LogP contribution in [0, 0.1) is 0 Å². The Labute approximate surface area is 96.5 Å². The number of rotatable bonds is 5. The first kappa shape index (κ1) is 12.8. The van der Waals surface area contributed by atoms with Crippen LogP contribution in [0.4, 0.5) is 0 Å². The maximum atomic E-state index is 11.1. The van der Waals surface area contributed by atoms with E-state index in [1.165, 1.54) is 32.1 Å². The number of carbonyl (C=O) groups is 1. The van der Waals surface area contributed by atoms with Gasteiger partial charge in [0.25, 0.3) is 0 Å². The van der Waals surface area contributed by atoms with Crippen LogP contribution >= 0.6 is 11.6 Å². The topological polar surface area (TPSA) is 38.3 Å². The number of hydrogen-bond acceptors (Lipinski definition) is 2. The normalized spacial score (nSPS) is 19.9. The minimum atomic E-state index is -0.459. The molecule has 1 aliphatic carbocycles. The smallest absolute Gasteiger partial charge is 0.237 e. The van der Waals surface area contributed by atoms with Crippen molar-refractivity contribution in [2.24, 2.45) is 0 Å². The van der Waals surface area contributed by atoms with Crippen molar-refractivity contribution in [2.45, 2.75) is 50.5 Å². The Bertz CT molecular complexity index is 191. The van der Waals surface area contributed by atoms with Gasteiger partial charge >= 0.3 is 0 Å². The number of hydrogen-bond donors (Lipinski definition) is 1. The number of nitrogens with one attached hydrogen (secondary N) is 1. The van der Waals surface area contributed by atoms with Crippen molar-refractivity contribution in [2.75, 3.05) is 13.2 Å². The second-order valence-electron chi connectivity index (χ2n) is 4.04. The highest BCUT2D eigenvalue weighted by molar-refractivity contribution is 6.30. The second kappa shape index (κ2) is 7.07. The Morgan fingerprint density at radius 1 is 1.47 bits per heavy atom. The molecule has 0 saturated heterocycles. The summed E-state index contributed by atoms with van der Waals surface area (Å²) in [7, 11) is 0. The van der Waals surface area contributed by atoms with E-state index in [1.54, 1.807) is 6.92 Å². The molecule has 1 amide bonds. The molecule has 1 aliphatic rings. The van der Waals surface area contributed by atoms with Gasteiger partial charge in [0.15, 0.2) is 0 Å². The largest absolute Gasteiger partial charge is 0.376 e. The average molecular weight is 234 g/mol. The van der Waals surface area contributed by atoms with E-state index in [0.29, 0.717) is 19.3 Å². The van der Waals surface area contributed by atoms with Crippen LogP contribution in [0.2, 0.25) is 0 Å². The van der Waals surface area contributed by atoms with Crippen molar-refractivity contribution in [3.8, 4) is 0 Å². The van der Waals surface area contributed by atoms with Gasteiger partial charge in [-0.3, -0.25) is 4.79 Å². The standard InChI is InChI=1S/C11H20ClNO2/c1-9(12)11(14)13-7-8-15-10-5-3-2-4-6-10/h9-10H,2-8H2,1H3,(H,13,14). The van der Waals surface area contributed by atoms with Crippen molar-refractivity contribution in [1.82, 2.24) is 5.32 Å². The van der Waals surface area contributed by atoms with Crippen LogP contribution in [0.15, 0.2) is 0 Å². The van der Waals surface area contributed by atoms with Gasteiger partial charge in [0, 0.05) is 6.54 Å². The summed E-state index contributed by atoms with van der Waals surface area (Å²) >= 11 is 5.60. The van der Waals surface area contributed by atoms with Gasteiger partial charge in [-0.1, -0.05) is 19.3 Å². The summed E-state index contributed by atoms with van der Waals surface area (Å²) in [5.74, 6) is -0.121. The van der Waals surface area contributed by atoms with E-state index >= 15 is 0 Å². The summed E-state index contributed by atoms with van der Waals surface area (Å²) in [5.41, 5.74) is 0. The van der Waals surface area contributed by atoms with Crippen LogP contribution in [0.25, 0.3) is 0 Å². The highest BCUT2D eigenvalue weighted by Gasteiger charge is 2.13. The Morgan fingerprint density at radius 2 is 2.13 bits per heavy atom. The molecule has 1 saturated carbocycles. The maximum Gasteiger partial charge on any atom is 0.237 e. The summed E-state index contributed by atoms with van der Waals surface area (Å²) in [6.07, 6.45) is 6.62. The molecule has 0 aromatic rings.